The predicted octanol–water partition coefficient (Wildman–Crippen LogP) is 6.16. The van der Waals surface area contributed by atoms with Crippen molar-refractivity contribution >= 4 is 0 Å². The lowest BCUT2D eigenvalue weighted by Gasteiger charge is -2.40. The highest BCUT2D eigenvalue weighted by atomic mass is 14.6. The van der Waals surface area contributed by atoms with Gasteiger partial charge in [0.1, 0.15) is 0 Å². The lowest BCUT2D eigenvalue weighted by molar-refractivity contribution is 0.105. The molecule has 0 nitrogen and oxygen atoms in total. The highest BCUT2D eigenvalue weighted by Crippen LogP contribution is 2.57. The van der Waals surface area contributed by atoms with Crippen LogP contribution in [0.3, 0.4) is 0 Å². The second kappa shape index (κ2) is 6.64. The molecule has 0 bridgehead atoms. The Morgan fingerprint density at radius 1 is 1.11 bits per heavy atom. The second-order valence-corrected chi connectivity index (χ2v) is 7.91. The molecule has 0 amide bonds. The minimum Gasteiger partial charge on any atom is -0.0651 e. The van der Waals surface area contributed by atoms with Gasteiger partial charge in [-0.05, 0) is 54.3 Å². The first-order valence-corrected chi connectivity index (χ1v) is 9.08. The summed E-state index contributed by atoms with van der Waals surface area (Å²) in [6, 6.07) is 0. The molecule has 5 atom stereocenters. The number of hydrogen-bond donors (Lipinski definition) is 0. The van der Waals surface area contributed by atoms with Crippen molar-refractivity contribution in [2.75, 3.05) is 0 Å². The van der Waals surface area contributed by atoms with Gasteiger partial charge in [0.05, 0.1) is 0 Å². The third-order valence-corrected chi connectivity index (χ3v) is 6.74. The zero-order chi connectivity index (χ0) is 14.0. The summed E-state index contributed by atoms with van der Waals surface area (Å²) >= 11 is 0. The SMILES string of the molecule is CCC(C)CCCC1CC(C(C)C2C(C)C2CC)C1. The highest BCUT2D eigenvalue weighted by Gasteiger charge is 2.51. The normalized spacial score (nSPS) is 40.6. The largest absolute Gasteiger partial charge is 0.0651 e. The van der Waals surface area contributed by atoms with E-state index in [1.54, 1.807) is 12.8 Å². The van der Waals surface area contributed by atoms with E-state index in [9.17, 15) is 0 Å². The van der Waals surface area contributed by atoms with Crippen LogP contribution in [0.5, 0.6) is 0 Å². The maximum atomic E-state index is 2.55. The van der Waals surface area contributed by atoms with Crippen molar-refractivity contribution in [2.24, 2.45) is 41.4 Å². The van der Waals surface area contributed by atoms with Crippen molar-refractivity contribution in [3.63, 3.8) is 0 Å². The van der Waals surface area contributed by atoms with E-state index in [2.05, 4.69) is 34.6 Å². The Labute approximate surface area is 121 Å². The Morgan fingerprint density at radius 2 is 1.79 bits per heavy atom. The van der Waals surface area contributed by atoms with Crippen molar-refractivity contribution in [3.05, 3.63) is 0 Å². The maximum Gasteiger partial charge on any atom is -0.0326 e. The van der Waals surface area contributed by atoms with Crippen LogP contribution in [0, 0.1) is 41.4 Å². The Balaban J connectivity index is 1.59. The monoisotopic (exact) mass is 264 g/mol. The molecule has 0 saturated heterocycles. The van der Waals surface area contributed by atoms with E-state index >= 15 is 0 Å². The van der Waals surface area contributed by atoms with Gasteiger partial charge in [-0.15, -0.1) is 0 Å². The van der Waals surface area contributed by atoms with Gasteiger partial charge >= 0.3 is 0 Å². The van der Waals surface area contributed by atoms with E-state index in [0.29, 0.717) is 0 Å². The number of rotatable bonds is 8. The molecule has 0 heteroatoms. The van der Waals surface area contributed by atoms with Gasteiger partial charge in [-0.1, -0.05) is 66.7 Å². The van der Waals surface area contributed by atoms with Crippen LogP contribution in [0.4, 0.5) is 0 Å². The van der Waals surface area contributed by atoms with Crippen LogP contribution in [0.25, 0.3) is 0 Å². The van der Waals surface area contributed by atoms with Gasteiger partial charge in [0.15, 0.2) is 0 Å². The van der Waals surface area contributed by atoms with Crippen LogP contribution < -0.4 is 0 Å². The Hall–Kier alpha value is 0. The lowest BCUT2D eigenvalue weighted by Crippen LogP contribution is -2.30. The fourth-order valence-corrected chi connectivity index (χ4v) is 4.82. The van der Waals surface area contributed by atoms with E-state index in [0.717, 1.165) is 41.4 Å². The molecule has 2 aliphatic rings. The summed E-state index contributed by atoms with van der Waals surface area (Å²) in [7, 11) is 0. The fourth-order valence-electron chi connectivity index (χ4n) is 4.82. The Kier molecular flexibility index (Phi) is 5.37. The second-order valence-electron chi connectivity index (χ2n) is 7.91. The predicted molar refractivity (Wildman–Crippen MR) is 85.1 cm³/mol. The van der Waals surface area contributed by atoms with Crippen molar-refractivity contribution in [2.45, 2.75) is 79.6 Å². The van der Waals surface area contributed by atoms with E-state index in [1.807, 2.05) is 0 Å². The molecule has 2 aliphatic carbocycles. The maximum absolute atomic E-state index is 2.55. The molecule has 5 unspecified atom stereocenters. The number of hydrogen-bond acceptors (Lipinski definition) is 0. The standard InChI is InChI=1S/C19H36/c1-6-13(3)9-8-10-16-11-17(12-16)14(4)19-15(5)18(19)7-2/h13-19H,6-12H2,1-5H3. The zero-order valence-electron chi connectivity index (χ0n) is 14.0. The first-order valence-electron chi connectivity index (χ1n) is 9.08. The van der Waals surface area contributed by atoms with E-state index < -0.39 is 0 Å². The van der Waals surface area contributed by atoms with Crippen LogP contribution in [0.15, 0.2) is 0 Å². The van der Waals surface area contributed by atoms with E-state index in [4.69, 9.17) is 0 Å². The molecule has 0 heterocycles. The summed E-state index contributed by atoms with van der Waals surface area (Å²) in [5.41, 5.74) is 0. The van der Waals surface area contributed by atoms with Gasteiger partial charge in [0.25, 0.3) is 0 Å². The summed E-state index contributed by atoms with van der Waals surface area (Å²) in [5.74, 6) is 7.32. The van der Waals surface area contributed by atoms with E-state index in [-0.39, 0.29) is 0 Å². The Bertz CT molecular complexity index is 263. The highest BCUT2D eigenvalue weighted by molar-refractivity contribution is 4.99. The van der Waals surface area contributed by atoms with Crippen molar-refractivity contribution in [1.29, 1.82) is 0 Å². The molecule has 0 aliphatic heterocycles. The molecule has 2 rings (SSSR count). The lowest BCUT2D eigenvalue weighted by atomic mass is 9.66. The van der Waals surface area contributed by atoms with Crippen LogP contribution >= 0.6 is 0 Å². The average molecular weight is 264 g/mol. The smallest absolute Gasteiger partial charge is 0.0326 e. The first kappa shape index (κ1) is 15.4. The molecule has 112 valence electrons. The quantitative estimate of drug-likeness (QED) is 0.492. The molecule has 0 aromatic rings. The molecule has 0 N–H and O–H groups in total. The third kappa shape index (κ3) is 3.56. The summed E-state index contributed by atoms with van der Waals surface area (Å²) in [6.07, 6.45) is 10.4. The average Bonchev–Trinajstić information content (AvgIpc) is 3.01. The zero-order valence-corrected chi connectivity index (χ0v) is 14.0. The van der Waals surface area contributed by atoms with Gasteiger partial charge in [-0.25, -0.2) is 0 Å². The minimum absolute atomic E-state index is 0.951. The van der Waals surface area contributed by atoms with Gasteiger partial charge in [0, 0.05) is 0 Å². The summed E-state index contributed by atoms with van der Waals surface area (Å²) in [5, 5.41) is 0. The fraction of sp³-hybridized carbons (Fsp3) is 1.00. The molecule has 2 fully saturated rings. The molecule has 2 saturated carbocycles. The topological polar surface area (TPSA) is 0 Å². The van der Waals surface area contributed by atoms with Crippen LogP contribution in [0.2, 0.25) is 0 Å². The van der Waals surface area contributed by atoms with Crippen molar-refractivity contribution in [1.82, 2.24) is 0 Å². The molecule has 0 radical (unpaired) electrons. The van der Waals surface area contributed by atoms with E-state index in [1.165, 1.54) is 32.1 Å². The minimum atomic E-state index is 0.951. The Morgan fingerprint density at radius 3 is 2.32 bits per heavy atom. The molecular formula is C19H36. The third-order valence-electron chi connectivity index (χ3n) is 6.74. The molecule has 0 aromatic heterocycles. The molecular weight excluding hydrogens is 228 g/mol. The van der Waals surface area contributed by atoms with Crippen LogP contribution in [-0.2, 0) is 0 Å². The van der Waals surface area contributed by atoms with Gasteiger partial charge < -0.3 is 0 Å². The molecule has 0 spiro atoms. The van der Waals surface area contributed by atoms with Gasteiger partial charge in [-0.2, -0.15) is 0 Å². The van der Waals surface area contributed by atoms with Crippen molar-refractivity contribution < 1.29 is 0 Å². The van der Waals surface area contributed by atoms with Gasteiger partial charge in [0.2, 0.25) is 0 Å². The summed E-state index contributed by atoms with van der Waals surface area (Å²) in [6.45, 7) is 12.2. The van der Waals surface area contributed by atoms with Crippen LogP contribution in [0.1, 0.15) is 79.6 Å². The molecule has 0 aromatic carbocycles. The first-order chi connectivity index (χ1) is 9.08. The van der Waals surface area contributed by atoms with Crippen molar-refractivity contribution in [3.8, 4) is 0 Å². The molecule has 19 heavy (non-hydrogen) atoms. The van der Waals surface area contributed by atoms with Gasteiger partial charge in [-0.3, -0.25) is 0 Å². The summed E-state index contributed by atoms with van der Waals surface area (Å²) in [4.78, 5) is 0. The summed E-state index contributed by atoms with van der Waals surface area (Å²) < 4.78 is 0. The van der Waals surface area contributed by atoms with Crippen LogP contribution in [-0.4, -0.2) is 0 Å².